The molecule has 0 saturated heterocycles. The van der Waals surface area contributed by atoms with Crippen LogP contribution in [0.25, 0.3) is 0 Å². The topological polar surface area (TPSA) is 100 Å². The van der Waals surface area contributed by atoms with Crippen LogP contribution in [0.2, 0.25) is 0 Å². The number of esters is 1. The van der Waals surface area contributed by atoms with Crippen LogP contribution in [0.1, 0.15) is 52.6 Å². The Morgan fingerprint density at radius 1 is 1.27 bits per heavy atom. The maximum absolute atomic E-state index is 12.4. The molecule has 0 aliphatic rings. The molecule has 0 aliphatic carbocycles. The smallest absolute Gasteiger partial charge is 0.306 e. The van der Waals surface area contributed by atoms with Crippen molar-refractivity contribution in [1.82, 2.24) is 4.98 Å². The highest BCUT2D eigenvalue weighted by atomic mass is 16.5. The first-order valence-electron chi connectivity index (χ1n) is 8.32. The molecule has 0 saturated carbocycles. The summed E-state index contributed by atoms with van der Waals surface area (Å²) in [6, 6.07) is 11.2. The molecule has 1 heterocycles. The summed E-state index contributed by atoms with van der Waals surface area (Å²) in [5, 5.41) is 19.4. The van der Waals surface area contributed by atoms with Gasteiger partial charge in [0.25, 0.3) is 0 Å². The van der Waals surface area contributed by atoms with Gasteiger partial charge in [0.15, 0.2) is 11.5 Å². The zero-order chi connectivity index (χ0) is 19.1. The molecule has 1 N–H and O–H groups in total. The molecule has 0 atom stereocenters. The number of hydrogen-bond acceptors (Lipinski definition) is 6. The van der Waals surface area contributed by atoms with Crippen molar-refractivity contribution in [2.75, 3.05) is 6.61 Å². The van der Waals surface area contributed by atoms with Crippen molar-refractivity contribution in [1.29, 1.82) is 5.26 Å². The lowest BCUT2D eigenvalue weighted by Gasteiger charge is -2.09. The van der Waals surface area contributed by atoms with Gasteiger partial charge in [-0.15, -0.1) is 0 Å². The molecule has 0 fully saturated rings. The van der Waals surface area contributed by atoms with Gasteiger partial charge in [0.1, 0.15) is 11.8 Å². The molecule has 26 heavy (non-hydrogen) atoms. The molecule has 0 amide bonds. The van der Waals surface area contributed by atoms with E-state index in [2.05, 4.69) is 4.98 Å². The van der Waals surface area contributed by atoms with Crippen molar-refractivity contribution in [3.63, 3.8) is 0 Å². The lowest BCUT2D eigenvalue weighted by Crippen LogP contribution is -2.11. The number of hydrogen-bond donors (Lipinski definition) is 1. The number of rotatable bonds is 7. The number of Topliss-reactive ketones (excluding diaryl/α,β-unsaturated/α-hetero) is 1. The lowest BCUT2D eigenvalue weighted by atomic mass is 10.0. The fraction of sp³-hybridized carbons (Fsp3) is 0.300. The third-order valence-corrected chi connectivity index (χ3v) is 3.76. The van der Waals surface area contributed by atoms with Gasteiger partial charge in [0.05, 0.1) is 18.6 Å². The van der Waals surface area contributed by atoms with E-state index in [4.69, 9.17) is 4.74 Å². The average molecular weight is 352 g/mol. The highest BCUT2D eigenvalue weighted by molar-refractivity contribution is 5.98. The molecule has 0 aliphatic heterocycles. The third kappa shape index (κ3) is 4.90. The van der Waals surface area contributed by atoms with E-state index in [0.29, 0.717) is 12.1 Å². The standard InChI is InChI=1S/C20H20N2O4/c1-3-26-18(24)8-7-17(23)19-20(25)15(12-21)11-16(22-19)10-14-6-4-5-13(2)9-14/h4-6,9,11,25H,3,7-8,10H2,1-2H3. The van der Waals surface area contributed by atoms with E-state index < -0.39 is 17.5 Å². The van der Waals surface area contributed by atoms with Crippen LogP contribution in [0, 0.1) is 18.3 Å². The summed E-state index contributed by atoms with van der Waals surface area (Å²) >= 11 is 0. The molecule has 0 spiro atoms. The summed E-state index contributed by atoms with van der Waals surface area (Å²) in [5.41, 5.74) is 2.38. The number of ketones is 1. The van der Waals surface area contributed by atoms with Gasteiger partial charge in [-0.3, -0.25) is 9.59 Å². The van der Waals surface area contributed by atoms with Crippen molar-refractivity contribution >= 4 is 11.8 Å². The maximum Gasteiger partial charge on any atom is 0.306 e. The Kier molecular flexibility index (Phi) is 6.45. The van der Waals surface area contributed by atoms with E-state index in [1.165, 1.54) is 6.07 Å². The van der Waals surface area contributed by atoms with Crippen LogP contribution in [-0.4, -0.2) is 28.4 Å². The van der Waals surface area contributed by atoms with Crippen LogP contribution in [0.15, 0.2) is 30.3 Å². The third-order valence-electron chi connectivity index (χ3n) is 3.76. The summed E-state index contributed by atoms with van der Waals surface area (Å²) < 4.78 is 4.79. The van der Waals surface area contributed by atoms with E-state index in [1.807, 2.05) is 37.3 Å². The summed E-state index contributed by atoms with van der Waals surface area (Å²) in [4.78, 5) is 28.0. The van der Waals surface area contributed by atoms with Gasteiger partial charge >= 0.3 is 5.97 Å². The van der Waals surface area contributed by atoms with Gasteiger partial charge in [-0.2, -0.15) is 5.26 Å². The van der Waals surface area contributed by atoms with Crippen molar-refractivity contribution in [2.24, 2.45) is 0 Å². The molecule has 1 aromatic heterocycles. The molecule has 134 valence electrons. The van der Waals surface area contributed by atoms with Crippen LogP contribution < -0.4 is 0 Å². The Morgan fingerprint density at radius 3 is 2.69 bits per heavy atom. The Bertz CT molecular complexity index is 869. The molecule has 0 radical (unpaired) electrons. The molecule has 1 aromatic carbocycles. The summed E-state index contributed by atoms with van der Waals surface area (Å²) in [6.45, 7) is 3.89. The second-order valence-electron chi connectivity index (χ2n) is 5.86. The number of aromatic nitrogens is 1. The first-order valence-corrected chi connectivity index (χ1v) is 8.32. The van der Waals surface area contributed by atoms with E-state index in [-0.39, 0.29) is 30.7 Å². The van der Waals surface area contributed by atoms with Crippen LogP contribution in [0.5, 0.6) is 5.75 Å². The number of aromatic hydroxyl groups is 1. The number of aryl methyl sites for hydroxylation is 1. The molecule has 0 bridgehead atoms. The fourth-order valence-electron chi connectivity index (χ4n) is 2.56. The van der Waals surface area contributed by atoms with Gasteiger partial charge in [-0.25, -0.2) is 4.98 Å². The first-order chi connectivity index (χ1) is 12.4. The Hall–Kier alpha value is -3.20. The van der Waals surface area contributed by atoms with Gasteiger partial charge in [-0.05, 0) is 25.5 Å². The molecule has 6 nitrogen and oxygen atoms in total. The minimum Gasteiger partial charge on any atom is -0.504 e. The zero-order valence-electron chi connectivity index (χ0n) is 14.8. The Morgan fingerprint density at radius 2 is 2.04 bits per heavy atom. The predicted octanol–water partition coefficient (Wildman–Crippen LogP) is 3.08. The molecular weight excluding hydrogens is 332 g/mol. The highest BCUT2D eigenvalue weighted by Gasteiger charge is 2.19. The fourth-order valence-corrected chi connectivity index (χ4v) is 2.56. The van der Waals surface area contributed by atoms with Gasteiger partial charge in [0.2, 0.25) is 0 Å². The number of pyridine rings is 1. The molecule has 2 rings (SSSR count). The van der Waals surface area contributed by atoms with E-state index in [1.54, 1.807) is 6.92 Å². The highest BCUT2D eigenvalue weighted by Crippen LogP contribution is 2.24. The van der Waals surface area contributed by atoms with Crippen molar-refractivity contribution in [2.45, 2.75) is 33.1 Å². The minimum absolute atomic E-state index is 0.0119. The predicted molar refractivity (Wildman–Crippen MR) is 94.8 cm³/mol. The average Bonchev–Trinajstić information content (AvgIpc) is 2.61. The number of nitriles is 1. The molecular formula is C20H20N2O4. The maximum atomic E-state index is 12.4. The van der Waals surface area contributed by atoms with E-state index >= 15 is 0 Å². The molecule has 6 heteroatoms. The van der Waals surface area contributed by atoms with Gasteiger partial charge in [-0.1, -0.05) is 29.8 Å². The van der Waals surface area contributed by atoms with Crippen LogP contribution >= 0.6 is 0 Å². The molecule has 0 unspecified atom stereocenters. The van der Waals surface area contributed by atoms with Crippen LogP contribution in [-0.2, 0) is 16.0 Å². The second kappa shape index (κ2) is 8.77. The number of carbonyl (C=O) groups excluding carboxylic acids is 2. The number of ether oxygens (including phenoxy) is 1. The van der Waals surface area contributed by atoms with E-state index in [9.17, 15) is 20.0 Å². The first kappa shape index (κ1) is 19.1. The minimum atomic E-state index is -0.502. The summed E-state index contributed by atoms with van der Waals surface area (Å²) in [5.74, 6) is -1.44. The van der Waals surface area contributed by atoms with Gasteiger partial charge in [0, 0.05) is 18.5 Å². The largest absolute Gasteiger partial charge is 0.504 e. The van der Waals surface area contributed by atoms with Crippen LogP contribution in [0.4, 0.5) is 0 Å². The quantitative estimate of drug-likeness (QED) is 0.607. The lowest BCUT2D eigenvalue weighted by molar-refractivity contribution is -0.143. The number of benzene rings is 1. The Labute approximate surface area is 152 Å². The Balaban J connectivity index is 2.27. The number of carbonyl (C=O) groups is 2. The van der Waals surface area contributed by atoms with Crippen molar-refractivity contribution in [3.8, 4) is 11.8 Å². The summed E-state index contributed by atoms with van der Waals surface area (Å²) in [7, 11) is 0. The van der Waals surface area contributed by atoms with Gasteiger partial charge < -0.3 is 9.84 Å². The van der Waals surface area contributed by atoms with E-state index in [0.717, 1.165) is 11.1 Å². The zero-order valence-corrected chi connectivity index (χ0v) is 14.8. The van der Waals surface area contributed by atoms with Crippen molar-refractivity contribution in [3.05, 3.63) is 58.4 Å². The molecule has 2 aromatic rings. The normalized spacial score (nSPS) is 10.2. The SMILES string of the molecule is CCOC(=O)CCC(=O)c1nc(Cc2cccc(C)c2)cc(C#N)c1O. The van der Waals surface area contributed by atoms with Crippen LogP contribution in [0.3, 0.4) is 0 Å². The second-order valence-corrected chi connectivity index (χ2v) is 5.86. The monoisotopic (exact) mass is 352 g/mol. The number of nitrogens with zero attached hydrogens (tertiary/aromatic N) is 2. The van der Waals surface area contributed by atoms with Crippen molar-refractivity contribution < 1.29 is 19.4 Å². The summed E-state index contributed by atoms with van der Waals surface area (Å²) in [6.07, 6.45) is 0.185.